The van der Waals surface area contributed by atoms with E-state index in [-0.39, 0.29) is 0 Å². The minimum Gasteiger partial charge on any atom is -0.291 e. The van der Waals surface area contributed by atoms with E-state index in [1.165, 1.54) is 0 Å². The molecule has 0 saturated carbocycles. The summed E-state index contributed by atoms with van der Waals surface area (Å²) in [5, 5.41) is 6.78. The molecule has 0 atom stereocenters. The first-order valence-corrected chi connectivity index (χ1v) is 3.36. The SMILES string of the molecule is Cc1cn[nH]c1-n1ccnc1. The molecule has 0 bridgehead atoms. The molecular formula is C7H8N4. The molecule has 0 aliphatic rings. The van der Waals surface area contributed by atoms with Crippen molar-refractivity contribution in [2.45, 2.75) is 6.92 Å². The van der Waals surface area contributed by atoms with Gasteiger partial charge >= 0.3 is 0 Å². The van der Waals surface area contributed by atoms with E-state index >= 15 is 0 Å². The predicted molar refractivity (Wildman–Crippen MR) is 40.4 cm³/mol. The van der Waals surface area contributed by atoms with Crippen LogP contribution in [0.4, 0.5) is 0 Å². The van der Waals surface area contributed by atoms with Crippen LogP contribution in [0.3, 0.4) is 0 Å². The van der Waals surface area contributed by atoms with Crippen LogP contribution >= 0.6 is 0 Å². The third kappa shape index (κ3) is 0.920. The third-order valence-corrected chi connectivity index (χ3v) is 1.56. The summed E-state index contributed by atoms with van der Waals surface area (Å²) in [4.78, 5) is 3.93. The van der Waals surface area contributed by atoms with Crippen LogP contribution < -0.4 is 0 Å². The van der Waals surface area contributed by atoms with E-state index in [4.69, 9.17) is 0 Å². The fraction of sp³-hybridized carbons (Fsp3) is 0.143. The Labute approximate surface area is 63.9 Å². The van der Waals surface area contributed by atoms with Gasteiger partial charge in [-0.05, 0) is 6.92 Å². The molecule has 0 amide bonds. The van der Waals surface area contributed by atoms with Gasteiger partial charge in [0.25, 0.3) is 0 Å². The number of nitrogens with one attached hydrogen (secondary N) is 1. The first kappa shape index (κ1) is 6.15. The number of H-pyrrole nitrogens is 1. The zero-order chi connectivity index (χ0) is 7.68. The van der Waals surface area contributed by atoms with E-state index in [1.807, 2.05) is 17.7 Å². The van der Waals surface area contributed by atoms with Crippen LogP contribution in [0.5, 0.6) is 0 Å². The van der Waals surface area contributed by atoms with Gasteiger partial charge in [-0.25, -0.2) is 4.98 Å². The van der Waals surface area contributed by atoms with Crippen molar-refractivity contribution >= 4 is 0 Å². The van der Waals surface area contributed by atoms with Crippen molar-refractivity contribution in [2.24, 2.45) is 0 Å². The second-order valence-electron chi connectivity index (χ2n) is 2.37. The minimum atomic E-state index is 0.975. The van der Waals surface area contributed by atoms with Crippen LogP contribution in [0.2, 0.25) is 0 Å². The lowest BCUT2D eigenvalue weighted by atomic mass is 10.4. The van der Waals surface area contributed by atoms with Crippen LogP contribution in [0.1, 0.15) is 5.56 Å². The summed E-state index contributed by atoms with van der Waals surface area (Å²) < 4.78 is 1.89. The second kappa shape index (κ2) is 2.23. The lowest BCUT2D eigenvalue weighted by Crippen LogP contribution is -1.91. The van der Waals surface area contributed by atoms with Gasteiger partial charge in [-0.1, -0.05) is 0 Å². The summed E-state index contributed by atoms with van der Waals surface area (Å²) in [5.41, 5.74) is 1.11. The van der Waals surface area contributed by atoms with Gasteiger partial charge in [-0.15, -0.1) is 0 Å². The molecule has 4 heteroatoms. The van der Waals surface area contributed by atoms with Crippen molar-refractivity contribution in [3.05, 3.63) is 30.5 Å². The summed E-state index contributed by atoms with van der Waals surface area (Å²) in [6.07, 6.45) is 7.14. The first-order chi connectivity index (χ1) is 5.38. The van der Waals surface area contributed by atoms with Gasteiger partial charge in [0, 0.05) is 18.0 Å². The molecule has 56 valence electrons. The van der Waals surface area contributed by atoms with E-state index < -0.39 is 0 Å². The monoisotopic (exact) mass is 148 g/mol. The van der Waals surface area contributed by atoms with E-state index in [9.17, 15) is 0 Å². The highest BCUT2D eigenvalue weighted by Gasteiger charge is 1.99. The summed E-state index contributed by atoms with van der Waals surface area (Å²) in [6.45, 7) is 2.00. The fourth-order valence-electron chi connectivity index (χ4n) is 0.992. The maximum Gasteiger partial charge on any atom is 0.136 e. The number of nitrogens with zero attached hydrogens (tertiary/aromatic N) is 3. The lowest BCUT2D eigenvalue weighted by Gasteiger charge is -1.96. The maximum absolute atomic E-state index is 3.93. The zero-order valence-electron chi connectivity index (χ0n) is 6.15. The van der Waals surface area contributed by atoms with Crippen LogP contribution in [-0.2, 0) is 0 Å². The van der Waals surface area contributed by atoms with E-state index in [0.29, 0.717) is 0 Å². The molecule has 0 aliphatic heterocycles. The molecule has 0 aromatic carbocycles. The molecule has 4 nitrogen and oxygen atoms in total. The van der Waals surface area contributed by atoms with Crippen molar-refractivity contribution < 1.29 is 0 Å². The van der Waals surface area contributed by atoms with Gasteiger partial charge < -0.3 is 0 Å². The molecule has 0 saturated heterocycles. The lowest BCUT2D eigenvalue weighted by molar-refractivity contribution is 0.950. The summed E-state index contributed by atoms with van der Waals surface area (Å²) in [5.74, 6) is 0.975. The van der Waals surface area contributed by atoms with Crippen molar-refractivity contribution in [1.29, 1.82) is 0 Å². The number of aromatic amines is 1. The van der Waals surface area contributed by atoms with Gasteiger partial charge in [-0.3, -0.25) is 9.67 Å². The standard InChI is InChI=1S/C7H8N4/c1-6-4-9-10-7(6)11-3-2-8-5-11/h2-5H,1H3,(H,9,10). The Morgan fingerprint density at radius 3 is 3.00 bits per heavy atom. The van der Waals surface area contributed by atoms with Crippen LogP contribution in [0.25, 0.3) is 5.82 Å². The number of aromatic nitrogens is 4. The Morgan fingerprint density at radius 2 is 2.45 bits per heavy atom. The maximum atomic E-state index is 3.93. The highest BCUT2D eigenvalue weighted by atomic mass is 15.2. The Bertz CT molecular complexity index is 333. The summed E-state index contributed by atoms with van der Waals surface area (Å²) >= 11 is 0. The van der Waals surface area contributed by atoms with Gasteiger partial charge in [0.1, 0.15) is 12.1 Å². The number of imidazole rings is 1. The average Bonchev–Trinajstić information content (AvgIpc) is 2.55. The third-order valence-electron chi connectivity index (χ3n) is 1.56. The quantitative estimate of drug-likeness (QED) is 0.653. The Hall–Kier alpha value is -1.58. The second-order valence-corrected chi connectivity index (χ2v) is 2.37. The van der Waals surface area contributed by atoms with Gasteiger partial charge in [-0.2, -0.15) is 5.10 Å². The summed E-state index contributed by atoms with van der Waals surface area (Å²) in [6, 6.07) is 0. The molecule has 0 spiro atoms. The molecule has 0 radical (unpaired) electrons. The highest BCUT2D eigenvalue weighted by molar-refractivity contribution is 5.29. The molecule has 0 fully saturated rings. The molecule has 1 N–H and O–H groups in total. The number of hydrogen-bond acceptors (Lipinski definition) is 2. The molecular weight excluding hydrogens is 140 g/mol. The molecule has 0 unspecified atom stereocenters. The van der Waals surface area contributed by atoms with Crippen molar-refractivity contribution in [3.63, 3.8) is 0 Å². The molecule has 11 heavy (non-hydrogen) atoms. The Balaban J connectivity index is 2.53. The number of rotatable bonds is 1. The van der Waals surface area contributed by atoms with E-state index in [1.54, 1.807) is 18.7 Å². The van der Waals surface area contributed by atoms with Gasteiger partial charge in [0.15, 0.2) is 0 Å². The molecule has 2 aromatic rings. The Kier molecular flexibility index (Phi) is 1.25. The van der Waals surface area contributed by atoms with Gasteiger partial charge in [0.2, 0.25) is 0 Å². The van der Waals surface area contributed by atoms with Crippen molar-refractivity contribution in [1.82, 2.24) is 19.7 Å². The van der Waals surface area contributed by atoms with Crippen molar-refractivity contribution in [3.8, 4) is 5.82 Å². The minimum absolute atomic E-state index is 0.975. The topological polar surface area (TPSA) is 46.5 Å². The first-order valence-electron chi connectivity index (χ1n) is 3.36. The molecule has 2 aromatic heterocycles. The van der Waals surface area contributed by atoms with E-state index in [0.717, 1.165) is 11.4 Å². The largest absolute Gasteiger partial charge is 0.291 e. The normalized spacial score (nSPS) is 10.3. The number of hydrogen-bond donors (Lipinski definition) is 1. The van der Waals surface area contributed by atoms with Crippen LogP contribution in [0, 0.1) is 6.92 Å². The molecule has 0 aliphatic carbocycles. The van der Waals surface area contributed by atoms with Crippen molar-refractivity contribution in [2.75, 3.05) is 0 Å². The Morgan fingerprint density at radius 1 is 1.55 bits per heavy atom. The fourth-order valence-corrected chi connectivity index (χ4v) is 0.992. The average molecular weight is 148 g/mol. The van der Waals surface area contributed by atoms with Crippen LogP contribution in [-0.4, -0.2) is 19.7 Å². The highest BCUT2D eigenvalue weighted by Crippen LogP contribution is 2.07. The number of aryl methyl sites for hydroxylation is 1. The smallest absolute Gasteiger partial charge is 0.136 e. The molecule has 2 heterocycles. The summed E-state index contributed by atoms with van der Waals surface area (Å²) in [7, 11) is 0. The zero-order valence-corrected chi connectivity index (χ0v) is 6.15. The predicted octanol–water partition coefficient (Wildman–Crippen LogP) is 0.904. The van der Waals surface area contributed by atoms with Gasteiger partial charge in [0.05, 0.1) is 6.20 Å². The molecule has 2 rings (SSSR count). The van der Waals surface area contributed by atoms with E-state index in [2.05, 4.69) is 15.2 Å². The van der Waals surface area contributed by atoms with Crippen LogP contribution in [0.15, 0.2) is 24.9 Å².